The van der Waals surface area contributed by atoms with Crippen molar-refractivity contribution in [3.8, 4) is 22.5 Å². The van der Waals surface area contributed by atoms with Gasteiger partial charge in [0.1, 0.15) is 5.69 Å². The number of H-pyrrole nitrogens is 1. The lowest BCUT2D eigenvalue weighted by Gasteiger charge is -2.13. The lowest BCUT2D eigenvalue weighted by molar-refractivity contribution is 0.0521. The van der Waals surface area contributed by atoms with Gasteiger partial charge in [0.25, 0.3) is 0 Å². The second kappa shape index (κ2) is 6.87. The molecule has 0 atom stereocenters. The molecule has 1 N–H and O–H groups in total. The highest BCUT2D eigenvalue weighted by Gasteiger charge is 2.23. The van der Waals surface area contributed by atoms with Crippen molar-refractivity contribution in [1.82, 2.24) is 9.55 Å². The highest BCUT2D eigenvalue weighted by molar-refractivity contribution is 5.97. The summed E-state index contributed by atoms with van der Waals surface area (Å²) in [6.45, 7) is 2.20. The Morgan fingerprint density at radius 3 is 2.65 bits per heavy atom. The van der Waals surface area contributed by atoms with Crippen molar-refractivity contribution >= 4 is 5.97 Å². The van der Waals surface area contributed by atoms with Crippen LogP contribution in [-0.2, 0) is 24.6 Å². The third-order valence-electron chi connectivity index (χ3n) is 5.22. The van der Waals surface area contributed by atoms with Gasteiger partial charge in [-0.2, -0.15) is 0 Å². The first-order valence-electron chi connectivity index (χ1n) is 9.32. The third kappa shape index (κ3) is 2.85. The number of hydrogen-bond donors (Lipinski definition) is 1. The number of carbonyl (C=O) groups is 1. The smallest absolute Gasteiger partial charge is 0.355 e. The molecule has 26 heavy (non-hydrogen) atoms. The lowest BCUT2D eigenvalue weighted by atomic mass is 9.98. The Balaban J connectivity index is 1.86. The molecule has 4 nitrogen and oxygen atoms in total. The number of aryl methyl sites for hydroxylation is 1. The minimum Gasteiger partial charge on any atom is -0.461 e. The zero-order valence-electron chi connectivity index (χ0n) is 15.3. The van der Waals surface area contributed by atoms with Crippen molar-refractivity contribution in [2.24, 2.45) is 7.05 Å². The van der Waals surface area contributed by atoms with Gasteiger partial charge in [-0.25, -0.2) is 4.79 Å². The maximum absolute atomic E-state index is 12.6. The van der Waals surface area contributed by atoms with E-state index in [9.17, 15) is 4.79 Å². The number of esters is 1. The third-order valence-corrected chi connectivity index (χ3v) is 5.22. The van der Waals surface area contributed by atoms with Gasteiger partial charge in [-0.1, -0.05) is 30.3 Å². The van der Waals surface area contributed by atoms with Crippen LogP contribution in [0.3, 0.4) is 0 Å². The molecule has 4 rings (SSSR count). The number of nitrogens with zero attached hydrogens (tertiary/aromatic N) is 1. The monoisotopic (exact) mass is 348 g/mol. The van der Waals surface area contributed by atoms with E-state index in [1.807, 2.05) is 37.3 Å². The van der Waals surface area contributed by atoms with Crippen molar-refractivity contribution in [3.63, 3.8) is 0 Å². The van der Waals surface area contributed by atoms with Crippen molar-refractivity contribution < 1.29 is 9.53 Å². The molecule has 0 spiro atoms. The molecule has 0 saturated carbocycles. The Morgan fingerprint density at radius 1 is 1.15 bits per heavy atom. The fourth-order valence-electron chi connectivity index (χ4n) is 3.91. The second-order valence-corrected chi connectivity index (χ2v) is 6.83. The molecule has 1 aliphatic rings. The number of aromatic amines is 1. The van der Waals surface area contributed by atoms with Gasteiger partial charge in [-0.3, -0.25) is 0 Å². The molecule has 0 saturated heterocycles. The number of hydrogen-bond acceptors (Lipinski definition) is 2. The predicted octanol–water partition coefficient (Wildman–Crippen LogP) is 4.74. The van der Waals surface area contributed by atoms with Crippen LogP contribution in [0.15, 0.2) is 42.5 Å². The van der Waals surface area contributed by atoms with Crippen molar-refractivity contribution in [3.05, 3.63) is 59.4 Å². The van der Waals surface area contributed by atoms with E-state index in [0.29, 0.717) is 12.3 Å². The Kier molecular flexibility index (Phi) is 4.41. The fourth-order valence-corrected chi connectivity index (χ4v) is 3.91. The van der Waals surface area contributed by atoms with Crippen LogP contribution in [0.25, 0.3) is 22.5 Å². The van der Waals surface area contributed by atoms with E-state index in [1.165, 1.54) is 24.1 Å². The molecule has 2 aromatic heterocycles. The van der Waals surface area contributed by atoms with E-state index < -0.39 is 0 Å². The van der Waals surface area contributed by atoms with Gasteiger partial charge < -0.3 is 14.3 Å². The predicted molar refractivity (Wildman–Crippen MR) is 103 cm³/mol. The minimum absolute atomic E-state index is 0.302. The van der Waals surface area contributed by atoms with Gasteiger partial charge in [-0.05, 0) is 55.9 Å². The van der Waals surface area contributed by atoms with Crippen LogP contribution in [0.1, 0.15) is 41.5 Å². The highest BCUT2D eigenvalue weighted by Crippen LogP contribution is 2.34. The summed E-state index contributed by atoms with van der Waals surface area (Å²) in [6.07, 6.45) is 4.70. The first-order chi connectivity index (χ1) is 12.7. The minimum atomic E-state index is -0.302. The number of benzene rings is 1. The molecule has 0 radical (unpaired) electrons. The Hall–Kier alpha value is -2.75. The van der Waals surface area contributed by atoms with Crippen molar-refractivity contribution in [2.75, 3.05) is 6.61 Å². The van der Waals surface area contributed by atoms with Gasteiger partial charge in [0.15, 0.2) is 0 Å². The van der Waals surface area contributed by atoms with Gasteiger partial charge in [-0.15, -0.1) is 0 Å². The number of nitrogens with one attached hydrogen (secondary N) is 1. The Morgan fingerprint density at radius 2 is 1.92 bits per heavy atom. The summed E-state index contributed by atoms with van der Waals surface area (Å²) < 4.78 is 7.55. The summed E-state index contributed by atoms with van der Waals surface area (Å²) in [5, 5.41) is 0. The quantitative estimate of drug-likeness (QED) is 0.692. The summed E-state index contributed by atoms with van der Waals surface area (Å²) in [5.41, 5.74) is 7.32. The molecular formula is C22H24N2O2. The van der Waals surface area contributed by atoms with Crippen LogP contribution < -0.4 is 0 Å². The summed E-state index contributed by atoms with van der Waals surface area (Å²) in [7, 11) is 2.10. The molecule has 0 aliphatic heterocycles. The molecule has 134 valence electrons. The molecule has 1 aliphatic carbocycles. The standard InChI is InChI=1S/C22H24N2O2/c1-3-26-22(25)21-17(14-18(23-21)15-9-5-4-6-10-15)20-13-16-11-7-8-12-19(16)24(20)2/h4-6,9-10,13-14,23H,3,7-8,11-12H2,1-2H3. The molecule has 3 aromatic rings. The Bertz CT molecular complexity index is 935. The van der Waals surface area contributed by atoms with Crippen LogP contribution >= 0.6 is 0 Å². The van der Waals surface area contributed by atoms with Gasteiger partial charge in [0.2, 0.25) is 0 Å². The van der Waals surface area contributed by atoms with Crippen molar-refractivity contribution in [2.45, 2.75) is 32.6 Å². The fraction of sp³-hybridized carbons (Fsp3) is 0.318. The normalized spacial score (nSPS) is 13.5. The van der Waals surface area contributed by atoms with E-state index in [1.54, 1.807) is 0 Å². The SMILES string of the molecule is CCOC(=O)c1[nH]c(-c2ccccc2)cc1-c1cc2c(n1C)CCCC2. The second-order valence-electron chi connectivity index (χ2n) is 6.83. The average Bonchev–Trinajstić information content (AvgIpc) is 3.25. The maximum atomic E-state index is 12.6. The summed E-state index contributed by atoms with van der Waals surface area (Å²) in [4.78, 5) is 15.9. The molecule has 0 amide bonds. The van der Waals surface area contributed by atoms with Gasteiger partial charge in [0.05, 0.1) is 12.3 Å². The number of fused-ring (bicyclic) bond motifs is 1. The molecule has 0 unspecified atom stereocenters. The van der Waals surface area contributed by atoms with E-state index in [0.717, 1.165) is 35.4 Å². The van der Waals surface area contributed by atoms with Crippen LogP contribution in [0.2, 0.25) is 0 Å². The largest absolute Gasteiger partial charge is 0.461 e. The number of rotatable bonds is 4. The van der Waals surface area contributed by atoms with Gasteiger partial charge in [0, 0.05) is 24.0 Å². The molecule has 4 heteroatoms. The molecule has 1 aromatic carbocycles. The number of carbonyl (C=O) groups excluding carboxylic acids is 1. The van der Waals surface area contributed by atoms with E-state index >= 15 is 0 Å². The van der Waals surface area contributed by atoms with Crippen molar-refractivity contribution in [1.29, 1.82) is 0 Å². The zero-order chi connectivity index (χ0) is 18.1. The number of ether oxygens (including phenoxy) is 1. The van der Waals surface area contributed by atoms with E-state index in [4.69, 9.17) is 4.74 Å². The number of aromatic nitrogens is 2. The lowest BCUT2D eigenvalue weighted by Crippen LogP contribution is -2.08. The molecule has 0 bridgehead atoms. The summed E-state index contributed by atoms with van der Waals surface area (Å²) in [6, 6.07) is 14.4. The molecule has 2 heterocycles. The zero-order valence-corrected chi connectivity index (χ0v) is 15.3. The molecular weight excluding hydrogens is 324 g/mol. The summed E-state index contributed by atoms with van der Waals surface area (Å²) >= 11 is 0. The Labute approximate surface area is 153 Å². The highest BCUT2D eigenvalue weighted by atomic mass is 16.5. The summed E-state index contributed by atoms with van der Waals surface area (Å²) in [5.74, 6) is -0.302. The van der Waals surface area contributed by atoms with E-state index in [2.05, 4.69) is 28.7 Å². The first-order valence-corrected chi connectivity index (χ1v) is 9.32. The maximum Gasteiger partial charge on any atom is 0.355 e. The van der Waals surface area contributed by atoms with Crippen LogP contribution in [-0.4, -0.2) is 22.1 Å². The van der Waals surface area contributed by atoms with Crippen LogP contribution in [0.4, 0.5) is 0 Å². The first kappa shape index (κ1) is 16.7. The van der Waals surface area contributed by atoms with Crippen LogP contribution in [0, 0.1) is 0 Å². The molecule has 0 fully saturated rings. The van der Waals surface area contributed by atoms with Gasteiger partial charge >= 0.3 is 5.97 Å². The average molecular weight is 348 g/mol. The van der Waals surface area contributed by atoms with Crippen LogP contribution in [0.5, 0.6) is 0 Å². The van der Waals surface area contributed by atoms with E-state index in [-0.39, 0.29) is 5.97 Å². The topological polar surface area (TPSA) is 47.0 Å².